The van der Waals surface area contributed by atoms with Crippen LogP contribution < -0.4 is 0 Å². The number of hydrogen-bond donors (Lipinski definition) is 0. The number of aromatic nitrogens is 4. The van der Waals surface area contributed by atoms with Gasteiger partial charge in [0.1, 0.15) is 0 Å². The molecule has 1 aromatic heterocycles. The third kappa shape index (κ3) is 2.03. The summed E-state index contributed by atoms with van der Waals surface area (Å²) in [5, 5.41) is 11.7. The number of halogens is 2. The standard InChI is InChI=1S/C10H10Cl2N4/c1-6-3-4-8(12)9(5-6)16-10(7(2)11)13-14-15-16/h3-5,7H,1-2H3. The smallest absolute Gasteiger partial charge is 0.174 e. The molecule has 1 unspecified atom stereocenters. The van der Waals surface area contributed by atoms with Crippen LogP contribution in [0.2, 0.25) is 5.02 Å². The molecular formula is C10H10Cl2N4. The van der Waals surface area contributed by atoms with Crippen molar-refractivity contribution in [2.45, 2.75) is 19.2 Å². The summed E-state index contributed by atoms with van der Waals surface area (Å²) in [7, 11) is 0. The predicted molar refractivity (Wildman–Crippen MR) is 63.2 cm³/mol. The van der Waals surface area contributed by atoms with E-state index in [9.17, 15) is 0 Å². The monoisotopic (exact) mass is 256 g/mol. The van der Waals surface area contributed by atoms with E-state index in [0.717, 1.165) is 11.3 Å². The quantitative estimate of drug-likeness (QED) is 0.777. The summed E-state index contributed by atoms with van der Waals surface area (Å²) < 4.78 is 1.56. The van der Waals surface area contributed by atoms with Crippen LogP contribution in [-0.4, -0.2) is 20.2 Å². The summed E-state index contributed by atoms with van der Waals surface area (Å²) in [6, 6.07) is 5.66. The average Bonchev–Trinajstić information content (AvgIpc) is 2.70. The lowest BCUT2D eigenvalue weighted by Crippen LogP contribution is -2.04. The molecule has 1 atom stereocenters. The minimum Gasteiger partial charge on any atom is -0.194 e. The summed E-state index contributed by atoms with van der Waals surface area (Å²) in [5.74, 6) is 0.578. The van der Waals surface area contributed by atoms with E-state index in [1.165, 1.54) is 0 Å². The van der Waals surface area contributed by atoms with Gasteiger partial charge in [0.25, 0.3) is 0 Å². The van der Waals surface area contributed by atoms with Crippen molar-refractivity contribution < 1.29 is 0 Å². The maximum Gasteiger partial charge on any atom is 0.174 e. The molecule has 84 valence electrons. The SMILES string of the molecule is Cc1ccc(Cl)c(-n2nnnc2C(C)Cl)c1. The number of tetrazole rings is 1. The van der Waals surface area contributed by atoms with Gasteiger partial charge in [0, 0.05) is 0 Å². The maximum atomic E-state index is 6.10. The van der Waals surface area contributed by atoms with Gasteiger partial charge in [-0.15, -0.1) is 16.7 Å². The first kappa shape index (κ1) is 11.4. The Bertz CT molecular complexity index is 507. The summed E-state index contributed by atoms with van der Waals surface area (Å²) in [6.45, 7) is 3.79. The van der Waals surface area contributed by atoms with Gasteiger partial charge in [-0.05, 0) is 42.0 Å². The van der Waals surface area contributed by atoms with Crippen LogP contribution in [0.15, 0.2) is 18.2 Å². The van der Waals surface area contributed by atoms with Crippen LogP contribution >= 0.6 is 23.2 Å². The average molecular weight is 257 g/mol. The number of alkyl halides is 1. The van der Waals surface area contributed by atoms with Crippen molar-refractivity contribution in [2.24, 2.45) is 0 Å². The van der Waals surface area contributed by atoms with Crippen molar-refractivity contribution in [3.05, 3.63) is 34.6 Å². The number of aryl methyl sites for hydroxylation is 1. The Morgan fingerprint density at radius 2 is 2.12 bits per heavy atom. The zero-order valence-corrected chi connectivity index (χ0v) is 10.4. The molecule has 0 fully saturated rings. The van der Waals surface area contributed by atoms with E-state index in [0.29, 0.717) is 10.8 Å². The highest BCUT2D eigenvalue weighted by Crippen LogP contribution is 2.25. The van der Waals surface area contributed by atoms with Gasteiger partial charge in [-0.3, -0.25) is 0 Å². The molecule has 0 aliphatic rings. The third-order valence-electron chi connectivity index (χ3n) is 2.18. The van der Waals surface area contributed by atoms with E-state index in [2.05, 4.69) is 15.5 Å². The Balaban J connectivity index is 2.58. The fourth-order valence-electron chi connectivity index (χ4n) is 1.40. The number of nitrogens with zero attached hydrogens (tertiary/aromatic N) is 4. The van der Waals surface area contributed by atoms with Crippen molar-refractivity contribution in [2.75, 3.05) is 0 Å². The first-order valence-electron chi connectivity index (χ1n) is 4.78. The lowest BCUT2D eigenvalue weighted by atomic mass is 10.2. The van der Waals surface area contributed by atoms with Crippen LogP contribution in [-0.2, 0) is 0 Å². The molecule has 4 nitrogen and oxygen atoms in total. The van der Waals surface area contributed by atoms with Crippen LogP contribution in [0, 0.1) is 6.92 Å². The number of benzene rings is 1. The molecule has 1 aromatic carbocycles. The van der Waals surface area contributed by atoms with E-state index in [1.807, 2.05) is 32.0 Å². The van der Waals surface area contributed by atoms with E-state index in [4.69, 9.17) is 23.2 Å². The zero-order valence-electron chi connectivity index (χ0n) is 8.85. The van der Waals surface area contributed by atoms with Crippen molar-refractivity contribution >= 4 is 23.2 Å². The van der Waals surface area contributed by atoms with Crippen LogP contribution in [0.1, 0.15) is 23.7 Å². The molecule has 2 rings (SSSR count). The Labute approximate surface area is 103 Å². The minimum atomic E-state index is -0.272. The Hall–Kier alpha value is -1.13. The molecule has 1 heterocycles. The normalized spacial score (nSPS) is 12.8. The highest BCUT2D eigenvalue weighted by atomic mass is 35.5. The van der Waals surface area contributed by atoms with Crippen molar-refractivity contribution in [1.82, 2.24) is 20.2 Å². The minimum absolute atomic E-state index is 0.272. The Kier molecular flexibility index (Phi) is 3.12. The Morgan fingerprint density at radius 1 is 1.38 bits per heavy atom. The molecule has 0 aliphatic carbocycles. The van der Waals surface area contributed by atoms with Crippen LogP contribution in [0.25, 0.3) is 5.69 Å². The first-order chi connectivity index (χ1) is 7.59. The third-order valence-corrected chi connectivity index (χ3v) is 2.69. The van der Waals surface area contributed by atoms with Crippen molar-refractivity contribution in [3.63, 3.8) is 0 Å². The highest BCUT2D eigenvalue weighted by molar-refractivity contribution is 6.32. The fraction of sp³-hybridized carbons (Fsp3) is 0.300. The van der Waals surface area contributed by atoms with Gasteiger partial charge >= 0.3 is 0 Å². The molecule has 2 aromatic rings. The number of hydrogen-bond acceptors (Lipinski definition) is 3. The van der Waals surface area contributed by atoms with Gasteiger partial charge in [-0.2, -0.15) is 4.68 Å². The van der Waals surface area contributed by atoms with E-state index < -0.39 is 0 Å². The van der Waals surface area contributed by atoms with Crippen molar-refractivity contribution in [3.8, 4) is 5.69 Å². The molecule has 6 heteroatoms. The molecule has 0 aliphatic heterocycles. The molecule has 0 saturated heterocycles. The second kappa shape index (κ2) is 4.39. The second-order valence-corrected chi connectivity index (χ2v) is 4.58. The van der Waals surface area contributed by atoms with E-state index in [-0.39, 0.29) is 5.38 Å². The molecule has 0 N–H and O–H groups in total. The van der Waals surface area contributed by atoms with Gasteiger partial charge in [0.05, 0.1) is 16.1 Å². The molecule has 0 saturated carbocycles. The van der Waals surface area contributed by atoms with Crippen LogP contribution in [0.5, 0.6) is 0 Å². The van der Waals surface area contributed by atoms with Crippen LogP contribution in [0.3, 0.4) is 0 Å². The van der Waals surface area contributed by atoms with Gasteiger partial charge < -0.3 is 0 Å². The summed E-state index contributed by atoms with van der Waals surface area (Å²) in [6.07, 6.45) is 0. The van der Waals surface area contributed by atoms with E-state index >= 15 is 0 Å². The zero-order chi connectivity index (χ0) is 11.7. The molecule has 0 amide bonds. The van der Waals surface area contributed by atoms with Gasteiger partial charge in [-0.1, -0.05) is 17.7 Å². The molecule has 0 radical (unpaired) electrons. The lowest BCUT2D eigenvalue weighted by molar-refractivity contribution is 0.760. The predicted octanol–water partition coefficient (Wildman–Crippen LogP) is 2.92. The van der Waals surface area contributed by atoms with Gasteiger partial charge in [0.2, 0.25) is 0 Å². The summed E-state index contributed by atoms with van der Waals surface area (Å²) >= 11 is 12.1. The second-order valence-electron chi connectivity index (χ2n) is 3.52. The summed E-state index contributed by atoms with van der Waals surface area (Å²) in [5.41, 5.74) is 1.83. The first-order valence-corrected chi connectivity index (χ1v) is 5.60. The Morgan fingerprint density at radius 3 is 2.81 bits per heavy atom. The maximum absolute atomic E-state index is 6.10. The van der Waals surface area contributed by atoms with Gasteiger partial charge in [-0.25, -0.2) is 0 Å². The molecule has 0 spiro atoms. The highest BCUT2D eigenvalue weighted by Gasteiger charge is 2.15. The van der Waals surface area contributed by atoms with Gasteiger partial charge in [0.15, 0.2) is 5.82 Å². The van der Waals surface area contributed by atoms with Crippen LogP contribution in [0.4, 0.5) is 0 Å². The molecule has 0 bridgehead atoms. The summed E-state index contributed by atoms with van der Waals surface area (Å²) in [4.78, 5) is 0. The molecule has 16 heavy (non-hydrogen) atoms. The largest absolute Gasteiger partial charge is 0.194 e. The van der Waals surface area contributed by atoms with Crippen molar-refractivity contribution in [1.29, 1.82) is 0 Å². The molecular weight excluding hydrogens is 247 g/mol. The number of rotatable bonds is 2. The lowest BCUT2D eigenvalue weighted by Gasteiger charge is -2.08. The fourth-order valence-corrected chi connectivity index (χ4v) is 1.73. The topological polar surface area (TPSA) is 43.6 Å². The van der Waals surface area contributed by atoms with E-state index in [1.54, 1.807) is 4.68 Å².